The Morgan fingerprint density at radius 1 is 1.22 bits per heavy atom. The van der Waals surface area contributed by atoms with Crippen LogP contribution in [0.1, 0.15) is 19.4 Å². The highest BCUT2D eigenvalue weighted by atomic mass is 32.2. The lowest BCUT2D eigenvalue weighted by molar-refractivity contribution is -0.110. The molecule has 32 heavy (non-hydrogen) atoms. The summed E-state index contributed by atoms with van der Waals surface area (Å²) in [6.45, 7) is 3.70. The molecule has 0 aliphatic carbocycles. The van der Waals surface area contributed by atoms with E-state index in [9.17, 15) is 23.1 Å². The molecule has 0 radical (unpaired) electrons. The Kier molecular flexibility index (Phi) is 6.48. The van der Waals surface area contributed by atoms with Gasteiger partial charge in [-0.25, -0.2) is 18.4 Å². The monoisotopic (exact) mass is 461 g/mol. The summed E-state index contributed by atoms with van der Waals surface area (Å²) in [4.78, 5) is 24.3. The van der Waals surface area contributed by atoms with Crippen molar-refractivity contribution in [1.82, 2.24) is 5.32 Å². The van der Waals surface area contributed by atoms with Crippen LogP contribution in [0.3, 0.4) is 0 Å². The summed E-state index contributed by atoms with van der Waals surface area (Å²) in [7, 11) is -3.81. The van der Waals surface area contributed by atoms with Gasteiger partial charge in [0.1, 0.15) is 5.75 Å². The van der Waals surface area contributed by atoms with Gasteiger partial charge < -0.3 is 20.5 Å². The first-order valence-corrected chi connectivity index (χ1v) is 11.0. The second-order valence-electron chi connectivity index (χ2n) is 7.87. The number of primary sulfonamides is 1. The van der Waals surface area contributed by atoms with E-state index in [1.165, 1.54) is 36.4 Å². The summed E-state index contributed by atoms with van der Waals surface area (Å²) in [6, 6.07) is 10.1. The van der Waals surface area contributed by atoms with Crippen LogP contribution in [0, 0.1) is 5.41 Å². The summed E-state index contributed by atoms with van der Waals surface area (Å²) in [5.41, 5.74) is 3.60. The Morgan fingerprint density at radius 2 is 1.91 bits per heavy atom. The maximum Gasteiger partial charge on any atom is 0.412 e. The first kappa shape index (κ1) is 23.2. The van der Waals surface area contributed by atoms with Crippen LogP contribution >= 0.6 is 0 Å². The molecule has 3 rings (SSSR count). The van der Waals surface area contributed by atoms with Crippen molar-refractivity contribution in [2.75, 3.05) is 23.9 Å². The van der Waals surface area contributed by atoms with Gasteiger partial charge in [0.05, 0.1) is 16.3 Å². The number of aliphatic hydroxyl groups is 1. The Bertz CT molecular complexity index is 1180. The number of carbonyl (C=O) groups is 2. The molecule has 0 unspecified atom stereocenters. The number of hydrogen-bond acceptors (Lipinski definition) is 8. The van der Waals surface area contributed by atoms with E-state index in [4.69, 9.17) is 9.88 Å². The number of nitrogens with zero attached hydrogens (tertiary/aromatic N) is 1. The van der Waals surface area contributed by atoms with Crippen molar-refractivity contribution in [2.45, 2.75) is 18.7 Å². The van der Waals surface area contributed by atoms with E-state index in [1.807, 2.05) is 0 Å². The third kappa shape index (κ3) is 5.60. The molecule has 170 valence electrons. The molecular formula is C20H23N5O6S. The second-order valence-corrected chi connectivity index (χ2v) is 9.43. The van der Waals surface area contributed by atoms with Crippen molar-refractivity contribution in [2.24, 2.45) is 15.7 Å². The highest BCUT2D eigenvalue weighted by Gasteiger charge is 2.27. The molecule has 0 saturated heterocycles. The van der Waals surface area contributed by atoms with Crippen molar-refractivity contribution in [1.29, 1.82) is 0 Å². The lowest BCUT2D eigenvalue weighted by atomic mass is 9.95. The fraction of sp³-hybridized carbons (Fsp3) is 0.250. The SMILES string of the molecule is CC(C)(CO)CNC(=O)Oc1ccc2c(c1)C(=NNc1ccc(S(N)(=O)=O)cc1)C(=O)N2. The normalized spacial score (nSPS) is 14.6. The molecule has 11 nitrogen and oxygen atoms in total. The molecule has 1 aliphatic rings. The predicted molar refractivity (Wildman–Crippen MR) is 118 cm³/mol. The highest BCUT2D eigenvalue weighted by Crippen LogP contribution is 2.28. The number of nitrogens with two attached hydrogens (primary N) is 1. The van der Waals surface area contributed by atoms with Crippen LogP contribution in [0.4, 0.5) is 16.2 Å². The van der Waals surface area contributed by atoms with Crippen LogP contribution in [0.15, 0.2) is 52.5 Å². The zero-order chi connectivity index (χ0) is 23.5. The quantitative estimate of drug-likeness (QED) is 0.385. The Labute approximate surface area is 184 Å². The van der Waals surface area contributed by atoms with Crippen molar-refractivity contribution < 1.29 is 27.9 Å². The Morgan fingerprint density at radius 3 is 2.53 bits per heavy atom. The van der Waals surface area contributed by atoms with Gasteiger partial charge in [-0.3, -0.25) is 10.2 Å². The van der Waals surface area contributed by atoms with Crippen molar-refractivity contribution in [3.8, 4) is 5.75 Å². The van der Waals surface area contributed by atoms with E-state index in [-0.39, 0.29) is 29.5 Å². The summed E-state index contributed by atoms with van der Waals surface area (Å²) < 4.78 is 27.9. The van der Waals surface area contributed by atoms with Crippen molar-refractivity contribution >= 4 is 39.1 Å². The number of sulfonamides is 1. The predicted octanol–water partition coefficient (Wildman–Crippen LogP) is 1.21. The van der Waals surface area contributed by atoms with Crippen LogP contribution in [-0.4, -0.2) is 44.4 Å². The maximum atomic E-state index is 12.3. The number of carbonyl (C=O) groups excluding carboxylic acids is 2. The van der Waals surface area contributed by atoms with Crippen LogP contribution in [-0.2, 0) is 14.8 Å². The number of hydrogen-bond donors (Lipinski definition) is 5. The van der Waals surface area contributed by atoms with Gasteiger partial charge >= 0.3 is 6.09 Å². The lowest BCUT2D eigenvalue weighted by Gasteiger charge is -2.21. The number of anilines is 2. The molecule has 0 saturated carbocycles. The molecule has 2 amide bonds. The fourth-order valence-electron chi connectivity index (χ4n) is 2.66. The minimum atomic E-state index is -3.81. The fourth-order valence-corrected chi connectivity index (χ4v) is 3.17. The summed E-state index contributed by atoms with van der Waals surface area (Å²) in [5.74, 6) is -0.260. The van der Waals surface area contributed by atoms with Gasteiger partial charge in [0.25, 0.3) is 5.91 Å². The standard InChI is InChI=1S/C20H23N5O6S/c1-20(2,11-26)10-22-19(28)31-13-5-8-16-15(9-13)17(18(27)23-16)25-24-12-3-6-14(7-4-12)32(21,29)30/h3-9,24,26H,10-11H2,1-2H3,(H,22,28)(H2,21,29,30)(H,23,25,27). The Balaban J connectivity index is 1.73. The van der Waals surface area contributed by atoms with Crippen molar-refractivity contribution in [3.63, 3.8) is 0 Å². The van der Waals surface area contributed by atoms with Crippen molar-refractivity contribution in [3.05, 3.63) is 48.0 Å². The van der Waals surface area contributed by atoms with E-state index in [2.05, 4.69) is 21.2 Å². The van der Waals surface area contributed by atoms with Gasteiger partial charge in [-0.2, -0.15) is 5.10 Å². The number of fused-ring (bicyclic) bond motifs is 1. The molecule has 0 bridgehead atoms. The summed E-state index contributed by atoms with van der Waals surface area (Å²) in [5, 5.41) is 23.7. The molecule has 0 aromatic heterocycles. The average Bonchev–Trinajstić information content (AvgIpc) is 3.05. The van der Waals surface area contributed by atoms with Gasteiger partial charge in [-0.1, -0.05) is 13.8 Å². The minimum Gasteiger partial charge on any atom is -0.410 e. The molecule has 1 aliphatic heterocycles. The number of amides is 2. The van der Waals surface area contributed by atoms with E-state index in [0.29, 0.717) is 16.9 Å². The molecule has 2 aromatic rings. The number of rotatable bonds is 7. The van der Waals surface area contributed by atoms with Gasteiger partial charge in [0.2, 0.25) is 10.0 Å². The van der Waals surface area contributed by atoms with E-state index >= 15 is 0 Å². The van der Waals surface area contributed by atoms with E-state index in [1.54, 1.807) is 19.9 Å². The number of hydrazone groups is 1. The minimum absolute atomic E-state index is 0.0536. The summed E-state index contributed by atoms with van der Waals surface area (Å²) in [6.07, 6.45) is -0.699. The first-order valence-electron chi connectivity index (χ1n) is 9.47. The zero-order valence-corrected chi connectivity index (χ0v) is 18.2. The van der Waals surface area contributed by atoms with Gasteiger partial charge in [0.15, 0.2) is 5.71 Å². The molecule has 0 spiro atoms. The third-order valence-corrected chi connectivity index (χ3v) is 5.47. The van der Waals surface area contributed by atoms with Gasteiger partial charge in [0, 0.05) is 24.1 Å². The number of benzene rings is 2. The summed E-state index contributed by atoms with van der Waals surface area (Å²) >= 11 is 0. The Hall–Kier alpha value is -3.48. The van der Waals surface area contributed by atoms with Gasteiger partial charge in [-0.15, -0.1) is 0 Å². The topological polar surface area (TPSA) is 172 Å². The number of ether oxygens (including phenoxy) is 1. The van der Waals surface area contributed by atoms with Crippen LogP contribution in [0.25, 0.3) is 0 Å². The molecule has 12 heteroatoms. The van der Waals surface area contributed by atoms with E-state index < -0.39 is 27.4 Å². The number of nitrogens with one attached hydrogen (secondary N) is 3. The smallest absolute Gasteiger partial charge is 0.410 e. The van der Waals surface area contributed by atoms with Crippen LogP contribution in [0.5, 0.6) is 5.75 Å². The van der Waals surface area contributed by atoms with Crippen LogP contribution < -0.4 is 25.9 Å². The van der Waals surface area contributed by atoms with Crippen LogP contribution in [0.2, 0.25) is 0 Å². The molecule has 0 fully saturated rings. The largest absolute Gasteiger partial charge is 0.412 e. The van der Waals surface area contributed by atoms with Gasteiger partial charge in [-0.05, 0) is 42.5 Å². The number of aliphatic hydroxyl groups excluding tert-OH is 1. The molecule has 1 heterocycles. The second kappa shape index (κ2) is 8.94. The molecule has 2 aromatic carbocycles. The highest BCUT2D eigenvalue weighted by molar-refractivity contribution is 7.89. The molecular weight excluding hydrogens is 438 g/mol. The maximum absolute atomic E-state index is 12.3. The zero-order valence-electron chi connectivity index (χ0n) is 17.4. The molecule has 0 atom stereocenters. The lowest BCUT2D eigenvalue weighted by Crippen LogP contribution is -2.37. The van der Waals surface area contributed by atoms with E-state index in [0.717, 1.165) is 0 Å². The molecule has 6 N–H and O–H groups in total. The third-order valence-electron chi connectivity index (χ3n) is 4.54. The average molecular weight is 462 g/mol. The first-order chi connectivity index (χ1) is 15.0.